The van der Waals surface area contributed by atoms with Gasteiger partial charge in [-0.25, -0.2) is 0 Å². The standard InChI is InChI=1S/C16H21N3O/c1-19(9-12-7-10-2-3-11(12)6-10)16-18-14-5-4-13(17)8-15(14)20-16/h4-5,8,10-12H,2-3,6-7,9,17H2,1H3. The zero-order valence-electron chi connectivity index (χ0n) is 11.9. The van der Waals surface area contributed by atoms with Crippen molar-refractivity contribution >= 4 is 22.8 Å². The molecule has 20 heavy (non-hydrogen) atoms. The van der Waals surface area contributed by atoms with Crippen molar-refractivity contribution in [2.75, 3.05) is 24.2 Å². The molecule has 2 bridgehead atoms. The summed E-state index contributed by atoms with van der Waals surface area (Å²) in [5, 5.41) is 0. The highest BCUT2D eigenvalue weighted by Crippen LogP contribution is 2.48. The van der Waals surface area contributed by atoms with Crippen LogP contribution in [0.2, 0.25) is 0 Å². The van der Waals surface area contributed by atoms with Crippen molar-refractivity contribution in [3.63, 3.8) is 0 Å². The number of nitrogens with zero attached hydrogens (tertiary/aromatic N) is 2. The second kappa shape index (κ2) is 4.40. The number of hydrogen-bond donors (Lipinski definition) is 1. The minimum absolute atomic E-state index is 0.716. The van der Waals surface area contributed by atoms with Crippen molar-refractivity contribution in [2.24, 2.45) is 17.8 Å². The van der Waals surface area contributed by atoms with Gasteiger partial charge in [-0.05, 0) is 49.1 Å². The van der Waals surface area contributed by atoms with Gasteiger partial charge in [0.1, 0.15) is 5.52 Å². The fraction of sp³-hybridized carbons (Fsp3) is 0.562. The summed E-state index contributed by atoms with van der Waals surface area (Å²) in [6, 6.07) is 6.35. The molecule has 4 nitrogen and oxygen atoms in total. The lowest BCUT2D eigenvalue weighted by Crippen LogP contribution is -2.28. The van der Waals surface area contributed by atoms with E-state index in [1.165, 1.54) is 25.7 Å². The molecule has 0 aliphatic heterocycles. The Balaban J connectivity index is 1.53. The third-order valence-electron chi connectivity index (χ3n) is 5.12. The molecule has 4 heteroatoms. The maximum absolute atomic E-state index is 5.84. The summed E-state index contributed by atoms with van der Waals surface area (Å²) in [5.41, 5.74) is 8.16. The number of benzene rings is 1. The van der Waals surface area contributed by atoms with Crippen LogP contribution in [-0.4, -0.2) is 18.6 Å². The summed E-state index contributed by atoms with van der Waals surface area (Å²) < 4.78 is 5.84. The second-order valence-electron chi connectivity index (χ2n) is 6.54. The Morgan fingerprint density at radius 1 is 1.35 bits per heavy atom. The minimum atomic E-state index is 0.716. The van der Waals surface area contributed by atoms with Crippen molar-refractivity contribution in [1.82, 2.24) is 4.98 Å². The van der Waals surface area contributed by atoms with Crippen LogP contribution in [0.5, 0.6) is 0 Å². The number of anilines is 2. The Bertz CT molecular complexity index is 636. The molecule has 2 saturated carbocycles. The Labute approximate surface area is 118 Å². The molecule has 0 saturated heterocycles. The molecule has 1 aromatic carbocycles. The van der Waals surface area contributed by atoms with Gasteiger partial charge in [-0.2, -0.15) is 4.98 Å². The van der Waals surface area contributed by atoms with Crippen LogP contribution < -0.4 is 10.6 Å². The molecule has 3 unspecified atom stereocenters. The van der Waals surface area contributed by atoms with Gasteiger partial charge >= 0.3 is 0 Å². The molecule has 0 radical (unpaired) electrons. The highest BCUT2D eigenvalue weighted by molar-refractivity contribution is 5.78. The van der Waals surface area contributed by atoms with Crippen LogP contribution in [0.1, 0.15) is 25.7 Å². The molecule has 2 aliphatic rings. The molecule has 1 aromatic heterocycles. The highest BCUT2D eigenvalue weighted by atomic mass is 16.4. The topological polar surface area (TPSA) is 55.3 Å². The number of nitrogen functional groups attached to an aromatic ring is 1. The predicted octanol–water partition coefficient (Wildman–Crippen LogP) is 3.28. The van der Waals surface area contributed by atoms with Crippen molar-refractivity contribution in [3.8, 4) is 0 Å². The maximum atomic E-state index is 5.84. The Morgan fingerprint density at radius 2 is 2.25 bits per heavy atom. The number of aromatic nitrogens is 1. The largest absolute Gasteiger partial charge is 0.423 e. The fourth-order valence-electron chi connectivity index (χ4n) is 4.12. The average molecular weight is 271 g/mol. The molecule has 2 fully saturated rings. The van der Waals surface area contributed by atoms with E-state index in [-0.39, 0.29) is 0 Å². The fourth-order valence-corrected chi connectivity index (χ4v) is 4.12. The van der Waals surface area contributed by atoms with Gasteiger partial charge in [0.15, 0.2) is 5.58 Å². The van der Waals surface area contributed by atoms with Crippen LogP contribution >= 0.6 is 0 Å². The Hall–Kier alpha value is -1.71. The zero-order chi connectivity index (χ0) is 13.7. The molecule has 0 amide bonds. The molecule has 3 atom stereocenters. The Kier molecular flexibility index (Phi) is 2.65. The van der Waals surface area contributed by atoms with E-state index < -0.39 is 0 Å². The minimum Gasteiger partial charge on any atom is -0.423 e. The number of oxazole rings is 1. The zero-order valence-corrected chi connectivity index (χ0v) is 11.9. The van der Waals surface area contributed by atoms with Gasteiger partial charge in [0.25, 0.3) is 6.01 Å². The first-order chi connectivity index (χ1) is 9.69. The van der Waals surface area contributed by atoms with Gasteiger partial charge in [-0.15, -0.1) is 0 Å². The van der Waals surface area contributed by atoms with E-state index in [9.17, 15) is 0 Å². The summed E-state index contributed by atoms with van der Waals surface area (Å²) in [6.45, 7) is 1.06. The molecule has 2 aromatic rings. The smallest absolute Gasteiger partial charge is 0.298 e. The molecule has 106 valence electrons. The van der Waals surface area contributed by atoms with Crippen LogP contribution in [0.4, 0.5) is 11.7 Å². The van der Waals surface area contributed by atoms with Gasteiger partial charge in [-0.1, -0.05) is 6.42 Å². The van der Waals surface area contributed by atoms with Gasteiger partial charge in [-0.3, -0.25) is 0 Å². The second-order valence-corrected chi connectivity index (χ2v) is 6.54. The van der Waals surface area contributed by atoms with Crippen molar-refractivity contribution in [3.05, 3.63) is 18.2 Å². The first-order valence-corrected chi connectivity index (χ1v) is 7.56. The highest BCUT2D eigenvalue weighted by Gasteiger charge is 2.39. The monoisotopic (exact) mass is 271 g/mol. The lowest BCUT2D eigenvalue weighted by Gasteiger charge is -2.26. The van der Waals surface area contributed by atoms with Crippen LogP contribution in [0, 0.1) is 17.8 Å². The SMILES string of the molecule is CN(CC1CC2CCC1C2)c1nc2ccc(N)cc2o1. The summed E-state index contributed by atoms with van der Waals surface area (Å²) in [4.78, 5) is 6.73. The van der Waals surface area contributed by atoms with Crippen molar-refractivity contribution in [1.29, 1.82) is 0 Å². The van der Waals surface area contributed by atoms with Gasteiger partial charge in [0.2, 0.25) is 0 Å². The number of fused-ring (bicyclic) bond motifs is 3. The molecule has 2 aliphatic carbocycles. The first kappa shape index (κ1) is 12.1. The van der Waals surface area contributed by atoms with E-state index in [4.69, 9.17) is 10.2 Å². The Morgan fingerprint density at radius 3 is 3.00 bits per heavy atom. The van der Waals surface area contributed by atoms with E-state index in [2.05, 4.69) is 16.9 Å². The van der Waals surface area contributed by atoms with E-state index in [0.717, 1.165) is 41.1 Å². The van der Waals surface area contributed by atoms with Crippen LogP contribution in [0.3, 0.4) is 0 Å². The van der Waals surface area contributed by atoms with Crippen LogP contribution in [0.15, 0.2) is 22.6 Å². The molecule has 2 N–H and O–H groups in total. The van der Waals surface area contributed by atoms with Crippen molar-refractivity contribution in [2.45, 2.75) is 25.7 Å². The molecule has 0 spiro atoms. The molecule has 4 rings (SSSR count). The number of nitrogens with two attached hydrogens (primary N) is 1. The van der Waals surface area contributed by atoms with E-state index in [1.807, 2.05) is 18.2 Å². The molecular weight excluding hydrogens is 250 g/mol. The average Bonchev–Trinajstić information content (AvgIpc) is 3.11. The molecular formula is C16H21N3O. The lowest BCUT2D eigenvalue weighted by atomic mass is 9.88. The third kappa shape index (κ3) is 1.94. The summed E-state index contributed by atoms with van der Waals surface area (Å²) >= 11 is 0. The van der Waals surface area contributed by atoms with Crippen LogP contribution in [0.25, 0.3) is 11.1 Å². The van der Waals surface area contributed by atoms with E-state index in [0.29, 0.717) is 6.01 Å². The third-order valence-corrected chi connectivity index (χ3v) is 5.12. The lowest BCUT2D eigenvalue weighted by molar-refractivity contribution is 0.333. The predicted molar refractivity (Wildman–Crippen MR) is 80.6 cm³/mol. The first-order valence-electron chi connectivity index (χ1n) is 7.56. The van der Waals surface area contributed by atoms with Gasteiger partial charge in [0, 0.05) is 25.3 Å². The van der Waals surface area contributed by atoms with Gasteiger partial charge < -0.3 is 15.1 Å². The van der Waals surface area contributed by atoms with E-state index in [1.54, 1.807) is 0 Å². The number of hydrogen-bond acceptors (Lipinski definition) is 4. The van der Waals surface area contributed by atoms with Gasteiger partial charge in [0.05, 0.1) is 0 Å². The van der Waals surface area contributed by atoms with E-state index >= 15 is 0 Å². The van der Waals surface area contributed by atoms with Crippen LogP contribution in [-0.2, 0) is 0 Å². The summed E-state index contributed by atoms with van der Waals surface area (Å²) in [5.74, 6) is 2.74. The van der Waals surface area contributed by atoms with Crippen molar-refractivity contribution < 1.29 is 4.42 Å². The maximum Gasteiger partial charge on any atom is 0.298 e. The quantitative estimate of drug-likeness (QED) is 0.870. The number of rotatable bonds is 3. The molecule has 1 heterocycles. The normalized spacial score (nSPS) is 28.4. The summed E-state index contributed by atoms with van der Waals surface area (Å²) in [7, 11) is 2.08. The summed E-state index contributed by atoms with van der Waals surface area (Å²) in [6.07, 6.45) is 5.71.